The number of imidazole rings is 1. The summed E-state index contributed by atoms with van der Waals surface area (Å²) >= 11 is 0. The van der Waals surface area contributed by atoms with Crippen LogP contribution in [0.2, 0.25) is 0 Å². The monoisotopic (exact) mass is 300 g/mol. The third kappa shape index (κ3) is 3.97. The molecule has 0 saturated carbocycles. The summed E-state index contributed by atoms with van der Waals surface area (Å²) in [6, 6.07) is 7.47. The largest absolute Gasteiger partial charge is 0.497 e. The maximum absolute atomic E-state index is 11.9. The first kappa shape index (κ1) is 15.8. The lowest BCUT2D eigenvalue weighted by Gasteiger charge is -2.13. The molecule has 1 heterocycles. The molecule has 0 N–H and O–H groups in total. The zero-order valence-corrected chi connectivity index (χ0v) is 13.0. The fraction of sp³-hybridized carbons (Fsp3) is 0.294. The van der Waals surface area contributed by atoms with E-state index in [1.54, 1.807) is 19.4 Å². The SMILES string of the molecule is CCn1ccnc1C=CC(=O)OC(C)c1cccc(OC)c1. The first-order chi connectivity index (χ1) is 10.6. The summed E-state index contributed by atoms with van der Waals surface area (Å²) in [7, 11) is 1.61. The molecular weight excluding hydrogens is 280 g/mol. The van der Waals surface area contributed by atoms with E-state index in [0.29, 0.717) is 0 Å². The standard InChI is InChI=1S/C17H20N2O3/c1-4-19-11-10-18-16(19)8-9-17(20)22-13(2)14-6-5-7-15(12-14)21-3/h5-13H,4H2,1-3H3. The van der Waals surface area contributed by atoms with E-state index < -0.39 is 5.97 Å². The average Bonchev–Trinajstić information content (AvgIpc) is 3.00. The Kier molecular flexibility index (Phi) is 5.36. The number of carbonyl (C=O) groups excluding carboxylic acids is 1. The van der Waals surface area contributed by atoms with Crippen LogP contribution in [0, 0.1) is 0 Å². The Hall–Kier alpha value is -2.56. The second kappa shape index (κ2) is 7.45. The minimum atomic E-state index is -0.402. The predicted molar refractivity (Wildman–Crippen MR) is 84.4 cm³/mol. The Morgan fingerprint density at radius 3 is 3.00 bits per heavy atom. The highest BCUT2D eigenvalue weighted by molar-refractivity contribution is 5.86. The van der Waals surface area contributed by atoms with E-state index in [2.05, 4.69) is 4.98 Å². The molecule has 0 aliphatic heterocycles. The van der Waals surface area contributed by atoms with Gasteiger partial charge in [0.1, 0.15) is 17.7 Å². The second-order valence-electron chi connectivity index (χ2n) is 4.76. The molecular formula is C17H20N2O3. The van der Waals surface area contributed by atoms with Crippen LogP contribution in [0.3, 0.4) is 0 Å². The van der Waals surface area contributed by atoms with Gasteiger partial charge in [-0.1, -0.05) is 12.1 Å². The van der Waals surface area contributed by atoms with Crippen LogP contribution >= 0.6 is 0 Å². The van der Waals surface area contributed by atoms with E-state index in [0.717, 1.165) is 23.7 Å². The molecule has 5 heteroatoms. The molecule has 1 atom stereocenters. The fourth-order valence-electron chi connectivity index (χ4n) is 2.07. The molecule has 0 aliphatic carbocycles. The van der Waals surface area contributed by atoms with E-state index >= 15 is 0 Å². The minimum Gasteiger partial charge on any atom is -0.497 e. The molecule has 2 rings (SSSR count). The van der Waals surface area contributed by atoms with Crippen molar-refractivity contribution in [3.63, 3.8) is 0 Å². The molecule has 0 bridgehead atoms. The number of hydrogen-bond donors (Lipinski definition) is 0. The van der Waals surface area contributed by atoms with Crippen LogP contribution in [0.1, 0.15) is 31.3 Å². The van der Waals surface area contributed by atoms with E-state index in [1.165, 1.54) is 6.08 Å². The van der Waals surface area contributed by atoms with Crippen LogP contribution in [-0.2, 0) is 16.1 Å². The van der Waals surface area contributed by atoms with Gasteiger partial charge in [0.15, 0.2) is 0 Å². The molecule has 22 heavy (non-hydrogen) atoms. The van der Waals surface area contributed by atoms with Crippen LogP contribution < -0.4 is 4.74 Å². The van der Waals surface area contributed by atoms with Gasteiger partial charge in [-0.25, -0.2) is 9.78 Å². The number of nitrogens with zero attached hydrogens (tertiary/aromatic N) is 2. The zero-order valence-electron chi connectivity index (χ0n) is 13.0. The van der Waals surface area contributed by atoms with E-state index in [-0.39, 0.29) is 6.10 Å². The Labute approximate surface area is 130 Å². The topological polar surface area (TPSA) is 53.4 Å². The predicted octanol–water partition coefficient (Wildman–Crippen LogP) is 3.23. The van der Waals surface area contributed by atoms with Crippen LogP contribution in [0.4, 0.5) is 0 Å². The summed E-state index contributed by atoms with van der Waals surface area (Å²) in [5.74, 6) is 1.07. The van der Waals surface area contributed by atoms with Crippen molar-refractivity contribution in [2.24, 2.45) is 0 Å². The van der Waals surface area contributed by atoms with Gasteiger partial charge in [-0.05, 0) is 37.6 Å². The highest BCUT2D eigenvalue weighted by atomic mass is 16.5. The number of hydrogen-bond acceptors (Lipinski definition) is 4. The van der Waals surface area contributed by atoms with Crippen LogP contribution in [0.25, 0.3) is 6.08 Å². The molecule has 1 aromatic heterocycles. The van der Waals surface area contributed by atoms with Crippen molar-refractivity contribution < 1.29 is 14.3 Å². The van der Waals surface area contributed by atoms with Gasteiger partial charge < -0.3 is 14.0 Å². The highest BCUT2D eigenvalue weighted by Crippen LogP contribution is 2.21. The van der Waals surface area contributed by atoms with Gasteiger partial charge in [0, 0.05) is 25.0 Å². The quantitative estimate of drug-likeness (QED) is 0.607. The Bertz CT molecular complexity index is 661. The van der Waals surface area contributed by atoms with Crippen LogP contribution in [0.15, 0.2) is 42.7 Å². The molecule has 0 amide bonds. The Morgan fingerprint density at radius 2 is 2.27 bits per heavy atom. The summed E-state index contributed by atoms with van der Waals surface area (Å²) in [5, 5.41) is 0. The van der Waals surface area contributed by atoms with Gasteiger partial charge in [0.2, 0.25) is 0 Å². The molecule has 5 nitrogen and oxygen atoms in total. The number of methoxy groups -OCH3 is 1. The Morgan fingerprint density at radius 1 is 1.45 bits per heavy atom. The smallest absolute Gasteiger partial charge is 0.331 e. The number of aromatic nitrogens is 2. The Balaban J connectivity index is 1.99. The summed E-state index contributed by atoms with van der Waals surface area (Å²) in [5.41, 5.74) is 0.885. The van der Waals surface area contributed by atoms with Crippen LogP contribution in [-0.4, -0.2) is 22.6 Å². The van der Waals surface area contributed by atoms with E-state index in [9.17, 15) is 4.79 Å². The number of aryl methyl sites for hydroxylation is 1. The zero-order chi connectivity index (χ0) is 15.9. The summed E-state index contributed by atoms with van der Waals surface area (Å²) < 4.78 is 12.5. The molecule has 0 saturated heterocycles. The number of esters is 1. The van der Waals surface area contributed by atoms with Gasteiger partial charge in [-0.15, -0.1) is 0 Å². The van der Waals surface area contributed by atoms with Crippen molar-refractivity contribution in [3.8, 4) is 5.75 Å². The summed E-state index contributed by atoms with van der Waals surface area (Å²) in [4.78, 5) is 16.1. The third-order valence-electron chi connectivity index (χ3n) is 3.31. The number of carbonyl (C=O) groups is 1. The first-order valence-corrected chi connectivity index (χ1v) is 7.17. The molecule has 1 unspecified atom stereocenters. The lowest BCUT2D eigenvalue weighted by molar-refractivity contribution is -0.142. The maximum Gasteiger partial charge on any atom is 0.331 e. The number of benzene rings is 1. The second-order valence-corrected chi connectivity index (χ2v) is 4.76. The average molecular weight is 300 g/mol. The minimum absolute atomic E-state index is 0.349. The lowest BCUT2D eigenvalue weighted by atomic mass is 10.1. The molecule has 0 spiro atoms. The molecule has 0 fully saturated rings. The van der Waals surface area contributed by atoms with Crippen molar-refractivity contribution in [2.45, 2.75) is 26.5 Å². The van der Waals surface area contributed by atoms with Gasteiger partial charge in [-0.2, -0.15) is 0 Å². The van der Waals surface area contributed by atoms with Gasteiger partial charge in [0.05, 0.1) is 7.11 Å². The summed E-state index contributed by atoms with van der Waals surface area (Å²) in [6.07, 6.45) is 6.27. The molecule has 0 aliphatic rings. The van der Waals surface area contributed by atoms with Crippen LogP contribution in [0.5, 0.6) is 5.75 Å². The lowest BCUT2D eigenvalue weighted by Crippen LogP contribution is -2.06. The van der Waals surface area contributed by atoms with Gasteiger partial charge in [0.25, 0.3) is 0 Å². The van der Waals surface area contributed by atoms with Gasteiger partial charge >= 0.3 is 5.97 Å². The normalized spacial score (nSPS) is 12.3. The number of ether oxygens (including phenoxy) is 2. The fourth-order valence-corrected chi connectivity index (χ4v) is 2.07. The number of rotatable bonds is 6. The van der Waals surface area contributed by atoms with Crippen molar-refractivity contribution in [2.75, 3.05) is 7.11 Å². The third-order valence-corrected chi connectivity index (χ3v) is 3.31. The molecule has 2 aromatic rings. The van der Waals surface area contributed by atoms with Crippen molar-refractivity contribution in [1.29, 1.82) is 0 Å². The van der Waals surface area contributed by atoms with Crippen molar-refractivity contribution in [1.82, 2.24) is 9.55 Å². The van der Waals surface area contributed by atoms with E-state index in [4.69, 9.17) is 9.47 Å². The van der Waals surface area contributed by atoms with Crippen molar-refractivity contribution in [3.05, 3.63) is 54.1 Å². The van der Waals surface area contributed by atoms with Crippen molar-refractivity contribution >= 4 is 12.0 Å². The molecule has 0 radical (unpaired) electrons. The highest BCUT2D eigenvalue weighted by Gasteiger charge is 2.10. The molecule has 116 valence electrons. The maximum atomic E-state index is 11.9. The van der Waals surface area contributed by atoms with Gasteiger partial charge in [-0.3, -0.25) is 0 Å². The first-order valence-electron chi connectivity index (χ1n) is 7.17. The van der Waals surface area contributed by atoms with E-state index in [1.807, 2.05) is 48.9 Å². The summed E-state index contributed by atoms with van der Waals surface area (Å²) in [6.45, 7) is 4.64. The molecule has 1 aromatic carbocycles.